The molecule has 3 rings (SSSR count). The van der Waals surface area contributed by atoms with Gasteiger partial charge in [0.25, 0.3) is 15.9 Å². The Morgan fingerprint density at radius 2 is 1.52 bits per heavy atom. The SMILES string of the molecule is Cc1n(-c2ccccc2)nn[n+]1C.O=S(=O)(O)c1ccccc1. The summed E-state index contributed by atoms with van der Waals surface area (Å²) >= 11 is 0. The lowest BCUT2D eigenvalue weighted by Gasteiger charge is -1.92. The number of tetrazole rings is 1. The molecule has 1 aromatic heterocycles. The summed E-state index contributed by atoms with van der Waals surface area (Å²) in [5.74, 6) is 1.01. The monoisotopic (exact) mass is 333 g/mol. The molecule has 7 nitrogen and oxygen atoms in total. The maximum Gasteiger partial charge on any atom is 0.294 e. The molecule has 1 heterocycles. The van der Waals surface area contributed by atoms with Crippen molar-refractivity contribution in [2.75, 3.05) is 0 Å². The highest BCUT2D eigenvalue weighted by Gasteiger charge is 2.13. The molecular formula is C15H17N4O3S+. The van der Waals surface area contributed by atoms with Gasteiger partial charge >= 0.3 is 0 Å². The standard InChI is InChI=1S/C9H11N4.C6H6O3S/c1-8-12(2)10-11-13(8)9-6-4-3-5-7-9;7-10(8,9)6-4-2-1-3-5-6/h3-7H,1-2H3;1-5H,(H,7,8,9)/q+1;. The van der Waals surface area contributed by atoms with E-state index in [-0.39, 0.29) is 4.90 Å². The molecular weight excluding hydrogens is 316 g/mol. The molecule has 0 atom stereocenters. The van der Waals surface area contributed by atoms with Gasteiger partial charge in [0.15, 0.2) is 5.21 Å². The number of hydrogen-bond donors (Lipinski definition) is 1. The van der Waals surface area contributed by atoms with Gasteiger partial charge in [-0.25, -0.2) is 0 Å². The normalized spacial score (nSPS) is 10.7. The van der Waals surface area contributed by atoms with Crippen LogP contribution in [0.1, 0.15) is 5.82 Å². The van der Waals surface area contributed by atoms with Gasteiger partial charge in [0, 0.05) is 6.92 Å². The average molecular weight is 333 g/mol. The van der Waals surface area contributed by atoms with Crippen LogP contribution in [0.25, 0.3) is 5.69 Å². The first-order valence-electron chi connectivity index (χ1n) is 6.76. The van der Waals surface area contributed by atoms with Crippen LogP contribution in [0.2, 0.25) is 0 Å². The number of aromatic nitrogens is 4. The van der Waals surface area contributed by atoms with Crippen LogP contribution in [-0.4, -0.2) is 28.1 Å². The molecule has 3 aromatic rings. The third-order valence-electron chi connectivity index (χ3n) is 3.08. The second-order valence-electron chi connectivity index (χ2n) is 4.69. The van der Waals surface area contributed by atoms with Gasteiger partial charge in [-0.1, -0.05) is 41.1 Å². The molecule has 0 aliphatic carbocycles. The molecule has 0 fully saturated rings. The minimum atomic E-state index is -4.00. The largest absolute Gasteiger partial charge is 0.294 e. The molecule has 1 N–H and O–H groups in total. The highest BCUT2D eigenvalue weighted by Crippen LogP contribution is 2.05. The lowest BCUT2D eigenvalue weighted by molar-refractivity contribution is -0.737. The number of aryl methyl sites for hydroxylation is 1. The van der Waals surface area contributed by atoms with Crippen molar-refractivity contribution < 1.29 is 17.7 Å². The summed E-state index contributed by atoms with van der Waals surface area (Å²) in [6.45, 7) is 1.98. The minimum absolute atomic E-state index is 0.0741. The van der Waals surface area contributed by atoms with Crippen molar-refractivity contribution in [1.82, 2.24) is 15.1 Å². The Morgan fingerprint density at radius 1 is 1.00 bits per heavy atom. The van der Waals surface area contributed by atoms with Crippen LogP contribution < -0.4 is 4.68 Å². The predicted octanol–water partition coefficient (Wildman–Crippen LogP) is 1.33. The van der Waals surface area contributed by atoms with Gasteiger partial charge in [-0.3, -0.25) is 4.55 Å². The van der Waals surface area contributed by atoms with Gasteiger partial charge in [-0.2, -0.15) is 8.42 Å². The van der Waals surface area contributed by atoms with Crippen LogP contribution in [0.3, 0.4) is 0 Å². The van der Waals surface area contributed by atoms with E-state index in [1.165, 1.54) is 12.1 Å². The molecule has 120 valence electrons. The van der Waals surface area contributed by atoms with E-state index < -0.39 is 10.1 Å². The Bertz CT molecular complexity index is 862. The van der Waals surface area contributed by atoms with Crippen molar-refractivity contribution >= 4 is 10.1 Å². The van der Waals surface area contributed by atoms with Gasteiger partial charge in [0.1, 0.15) is 10.9 Å². The van der Waals surface area contributed by atoms with Crippen molar-refractivity contribution in [3.05, 3.63) is 66.5 Å². The first kappa shape index (κ1) is 16.8. The van der Waals surface area contributed by atoms with Crippen molar-refractivity contribution in [2.45, 2.75) is 11.8 Å². The third-order valence-corrected chi connectivity index (χ3v) is 3.95. The smallest absolute Gasteiger partial charge is 0.282 e. The summed E-state index contributed by atoms with van der Waals surface area (Å²) in [7, 11) is -2.13. The second-order valence-corrected chi connectivity index (χ2v) is 6.11. The Morgan fingerprint density at radius 3 is 1.91 bits per heavy atom. The first-order valence-corrected chi connectivity index (χ1v) is 8.20. The maximum absolute atomic E-state index is 10.4. The molecule has 0 aliphatic heterocycles. The van der Waals surface area contributed by atoms with Crippen molar-refractivity contribution in [3.63, 3.8) is 0 Å². The number of rotatable bonds is 2. The Balaban J connectivity index is 0.000000174. The van der Waals surface area contributed by atoms with Crippen molar-refractivity contribution in [1.29, 1.82) is 0 Å². The van der Waals surface area contributed by atoms with E-state index >= 15 is 0 Å². The van der Waals surface area contributed by atoms with Gasteiger partial charge in [-0.15, -0.1) is 4.68 Å². The quantitative estimate of drug-likeness (QED) is 0.564. The zero-order valence-corrected chi connectivity index (χ0v) is 13.6. The van der Waals surface area contributed by atoms with E-state index in [2.05, 4.69) is 10.4 Å². The molecule has 0 saturated carbocycles. The van der Waals surface area contributed by atoms with Crippen LogP contribution in [0.4, 0.5) is 0 Å². The van der Waals surface area contributed by atoms with E-state index in [1.54, 1.807) is 27.6 Å². The van der Waals surface area contributed by atoms with Crippen LogP contribution in [0.5, 0.6) is 0 Å². The van der Waals surface area contributed by atoms with E-state index in [4.69, 9.17) is 4.55 Å². The highest BCUT2D eigenvalue weighted by molar-refractivity contribution is 7.85. The van der Waals surface area contributed by atoms with Crippen LogP contribution in [0, 0.1) is 6.92 Å². The fourth-order valence-electron chi connectivity index (χ4n) is 1.77. The fraction of sp³-hybridized carbons (Fsp3) is 0.133. The van der Waals surface area contributed by atoms with Crippen LogP contribution in [-0.2, 0) is 17.2 Å². The average Bonchev–Trinajstić information content (AvgIpc) is 2.89. The summed E-state index contributed by atoms with van der Waals surface area (Å²) in [5.41, 5.74) is 1.04. The summed E-state index contributed by atoms with van der Waals surface area (Å²) in [6.07, 6.45) is 0. The van der Waals surface area contributed by atoms with Crippen molar-refractivity contribution in [3.8, 4) is 5.69 Å². The van der Waals surface area contributed by atoms with Gasteiger partial charge in [-0.05, 0) is 24.3 Å². The minimum Gasteiger partial charge on any atom is -0.282 e. The van der Waals surface area contributed by atoms with E-state index in [0.717, 1.165) is 11.5 Å². The molecule has 0 unspecified atom stereocenters. The number of para-hydroxylation sites is 1. The topological polar surface area (TPSA) is 89.0 Å². The summed E-state index contributed by atoms with van der Waals surface area (Å²) in [4.78, 5) is -0.0741. The Labute approximate surface area is 134 Å². The summed E-state index contributed by atoms with van der Waals surface area (Å²) < 4.78 is 32.8. The van der Waals surface area contributed by atoms with Gasteiger partial charge in [0.05, 0.1) is 11.9 Å². The fourth-order valence-corrected chi connectivity index (χ4v) is 2.27. The zero-order valence-electron chi connectivity index (χ0n) is 12.7. The highest BCUT2D eigenvalue weighted by atomic mass is 32.2. The zero-order chi connectivity index (χ0) is 16.9. The number of nitrogens with zero attached hydrogens (tertiary/aromatic N) is 4. The van der Waals surface area contributed by atoms with Crippen LogP contribution in [0.15, 0.2) is 65.6 Å². The number of benzene rings is 2. The molecule has 0 radical (unpaired) electrons. The van der Waals surface area contributed by atoms with Gasteiger partial charge < -0.3 is 0 Å². The van der Waals surface area contributed by atoms with Crippen molar-refractivity contribution in [2.24, 2.45) is 7.05 Å². The second kappa shape index (κ2) is 7.12. The van der Waals surface area contributed by atoms with E-state index in [1.807, 2.05) is 44.3 Å². The molecule has 0 amide bonds. The molecule has 23 heavy (non-hydrogen) atoms. The molecule has 0 spiro atoms. The molecule has 0 aliphatic rings. The number of hydrogen-bond acceptors (Lipinski definition) is 4. The van der Waals surface area contributed by atoms with Gasteiger partial charge in [0.2, 0.25) is 0 Å². The lowest BCUT2D eigenvalue weighted by Crippen LogP contribution is -2.33. The lowest BCUT2D eigenvalue weighted by atomic mass is 10.3. The Hall–Kier alpha value is -2.58. The predicted molar refractivity (Wildman–Crippen MR) is 83.5 cm³/mol. The van der Waals surface area contributed by atoms with Crippen LogP contribution >= 0.6 is 0 Å². The first-order chi connectivity index (χ1) is 10.9. The van der Waals surface area contributed by atoms with E-state index in [0.29, 0.717) is 0 Å². The molecule has 2 aromatic carbocycles. The molecule has 0 bridgehead atoms. The summed E-state index contributed by atoms with van der Waals surface area (Å²) in [6, 6.07) is 17.4. The molecule has 0 saturated heterocycles. The third kappa shape index (κ3) is 4.44. The maximum atomic E-state index is 10.4. The summed E-state index contributed by atoms with van der Waals surface area (Å²) in [5, 5.41) is 7.94. The molecule has 8 heteroatoms. The Kier molecular flexibility index (Phi) is 5.20. The van der Waals surface area contributed by atoms with E-state index in [9.17, 15) is 8.42 Å².